The molecule has 0 atom stereocenters. The maximum Gasteiger partial charge on any atom is 0.150 e. The summed E-state index contributed by atoms with van der Waals surface area (Å²) in [6.45, 7) is 6.49. The molecule has 1 aromatic carbocycles. The summed E-state index contributed by atoms with van der Waals surface area (Å²) in [4.78, 5) is 4.99. The first-order chi connectivity index (χ1) is 11.9. The van der Waals surface area contributed by atoms with E-state index in [9.17, 15) is 0 Å². The Bertz CT molecular complexity index is 725. The molecule has 1 saturated heterocycles. The van der Waals surface area contributed by atoms with Crippen molar-refractivity contribution < 1.29 is 0 Å². The SMILES string of the molecule is c1cc2c(c(CN3CCN(c4cc(C5CC5)[nH]n4)CC3)c1)NCC2. The highest BCUT2D eigenvalue weighted by Gasteiger charge is 2.27. The third kappa shape index (κ3) is 2.67. The maximum atomic E-state index is 4.53. The smallest absolute Gasteiger partial charge is 0.150 e. The van der Waals surface area contributed by atoms with E-state index >= 15 is 0 Å². The van der Waals surface area contributed by atoms with Gasteiger partial charge >= 0.3 is 0 Å². The lowest BCUT2D eigenvalue weighted by atomic mass is 10.1. The molecule has 5 rings (SSSR count). The number of nitrogens with zero attached hydrogens (tertiary/aromatic N) is 3. The van der Waals surface area contributed by atoms with Crippen molar-refractivity contribution in [1.82, 2.24) is 15.1 Å². The number of nitrogens with one attached hydrogen (secondary N) is 2. The summed E-state index contributed by atoms with van der Waals surface area (Å²) < 4.78 is 0. The van der Waals surface area contributed by atoms with Crippen LogP contribution in [-0.4, -0.2) is 47.8 Å². The average Bonchev–Trinajstić information content (AvgIpc) is 3.15. The average molecular weight is 323 g/mol. The highest BCUT2D eigenvalue weighted by Crippen LogP contribution is 2.39. The Hall–Kier alpha value is -2.01. The minimum absolute atomic E-state index is 0.750. The molecule has 0 amide bonds. The van der Waals surface area contributed by atoms with Crippen molar-refractivity contribution in [2.24, 2.45) is 0 Å². The summed E-state index contributed by atoms with van der Waals surface area (Å²) in [6, 6.07) is 9.01. The van der Waals surface area contributed by atoms with E-state index in [0.717, 1.165) is 51.0 Å². The fourth-order valence-electron chi connectivity index (χ4n) is 4.01. The molecule has 1 aromatic heterocycles. The van der Waals surface area contributed by atoms with Crippen molar-refractivity contribution in [3.8, 4) is 0 Å². The number of aromatic nitrogens is 2. The fourth-order valence-corrected chi connectivity index (χ4v) is 4.01. The number of rotatable bonds is 4. The second-order valence-corrected chi connectivity index (χ2v) is 7.35. The summed E-state index contributed by atoms with van der Waals surface area (Å²) in [5.41, 5.74) is 5.66. The van der Waals surface area contributed by atoms with Crippen LogP contribution in [0.3, 0.4) is 0 Å². The molecule has 2 fully saturated rings. The molecule has 1 saturated carbocycles. The van der Waals surface area contributed by atoms with E-state index in [1.165, 1.54) is 41.8 Å². The predicted molar refractivity (Wildman–Crippen MR) is 96.7 cm³/mol. The number of H-pyrrole nitrogens is 1. The number of benzene rings is 1. The van der Waals surface area contributed by atoms with Crippen molar-refractivity contribution in [3.05, 3.63) is 41.1 Å². The first kappa shape index (κ1) is 14.3. The van der Waals surface area contributed by atoms with Crippen LogP contribution >= 0.6 is 0 Å². The second-order valence-electron chi connectivity index (χ2n) is 7.35. The van der Waals surface area contributed by atoms with Gasteiger partial charge in [0.2, 0.25) is 0 Å². The predicted octanol–water partition coefficient (Wildman–Crippen LogP) is 2.58. The Balaban J connectivity index is 1.21. The lowest BCUT2D eigenvalue weighted by Gasteiger charge is -2.35. The zero-order valence-corrected chi connectivity index (χ0v) is 14.1. The van der Waals surface area contributed by atoms with Gasteiger partial charge < -0.3 is 10.2 Å². The molecule has 2 N–H and O–H groups in total. The van der Waals surface area contributed by atoms with Gasteiger partial charge in [-0.05, 0) is 30.4 Å². The minimum Gasteiger partial charge on any atom is -0.384 e. The maximum absolute atomic E-state index is 4.53. The van der Waals surface area contributed by atoms with E-state index in [4.69, 9.17) is 0 Å². The fraction of sp³-hybridized carbons (Fsp3) is 0.526. The van der Waals surface area contributed by atoms with Gasteiger partial charge in [0, 0.05) is 62.6 Å². The zero-order chi connectivity index (χ0) is 15.9. The van der Waals surface area contributed by atoms with Crippen molar-refractivity contribution in [2.45, 2.75) is 31.7 Å². The minimum atomic E-state index is 0.750. The number of fused-ring (bicyclic) bond motifs is 1. The first-order valence-corrected chi connectivity index (χ1v) is 9.24. The summed E-state index contributed by atoms with van der Waals surface area (Å²) in [5, 5.41) is 11.3. The molecule has 3 aliphatic rings. The Kier molecular flexibility index (Phi) is 3.47. The molecular weight excluding hydrogens is 298 g/mol. The molecule has 0 bridgehead atoms. The molecule has 0 radical (unpaired) electrons. The van der Waals surface area contributed by atoms with E-state index in [1.807, 2.05) is 0 Å². The Labute approximate surface area is 143 Å². The van der Waals surface area contributed by atoms with Gasteiger partial charge in [0.25, 0.3) is 0 Å². The number of aromatic amines is 1. The van der Waals surface area contributed by atoms with Gasteiger partial charge in [-0.1, -0.05) is 18.2 Å². The lowest BCUT2D eigenvalue weighted by Crippen LogP contribution is -2.46. The van der Waals surface area contributed by atoms with Crippen LogP contribution in [-0.2, 0) is 13.0 Å². The van der Waals surface area contributed by atoms with Crippen LogP contribution in [0.5, 0.6) is 0 Å². The molecule has 2 aromatic rings. The van der Waals surface area contributed by atoms with E-state index in [-0.39, 0.29) is 0 Å². The first-order valence-electron chi connectivity index (χ1n) is 9.24. The van der Waals surface area contributed by atoms with Gasteiger partial charge in [-0.15, -0.1) is 0 Å². The number of piperazine rings is 1. The molecule has 126 valence electrons. The van der Waals surface area contributed by atoms with Crippen LogP contribution in [0, 0.1) is 0 Å². The van der Waals surface area contributed by atoms with Crippen LogP contribution in [0.15, 0.2) is 24.3 Å². The molecule has 2 aliphatic heterocycles. The normalized spacial score (nSPS) is 20.9. The highest BCUT2D eigenvalue weighted by molar-refractivity contribution is 5.61. The summed E-state index contributed by atoms with van der Waals surface area (Å²) in [7, 11) is 0. The Morgan fingerprint density at radius 3 is 2.83 bits per heavy atom. The van der Waals surface area contributed by atoms with Crippen molar-refractivity contribution in [1.29, 1.82) is 0 Å². The van der Waals surface area contributed by atoms with Crippen LogP contribution in [0.4, 0.5) is 11.5 Å². The zero-order valence-electron chi connectivity index (χ0n) is 14.1. The molecule has 0 spiro atoms. The van der Waals surface area contributed by atoms with Gasteiger partial charge in [-0.3, -0.25) is 10.00 Å². The van der Waals surface area contributed by atoms with Crippen molar-refractivity contribution in [3.63, 3.8) is 0 Å². The monoisotopic (exact) mass is 323 g/mol. The highest BCUT2D eigenvalue weighted by atomic mass is 15.3. The van der Waals surface area contributed by atoms with Gasteiger partial charge in [0.15, 0.2) is 5.82 Å². The molecule has 1 aliphatic carbocycles. The van der Waals surface area contributed by atoms with Crippen LogP contribution < -0.4 is 10.2 Å². The van der Waals surface area contributed by atoms with Crippen LogP contribution in [0.1, 0.15) is 35.6 Å². The number of hydrogen-bond donors (Lipinski definition) is 2. The third-order valence-electron chi connectivity index (χ3n) is 5.62. The number of anilines is 2. The van der Waals surface area contributed by atoms with Crippen LogP contribution in [0.25, 0.3) is 0 Å². The topological polar surface area (TPSA) is 47.2 Å². The quantitative estimate of drug-likeness (QED) is 0.908. The largest absolute Gasteiger partial charge is 0.384 e. The van der Waals surface area contributed by atoms with E-state index in [1.54, 1.807) is 0 Å². The Morgan fingerprint density at radius 2 is 2.00 bits per heavy atom. The summed E-state index contributed by atoms with van der Waals surface area (Å²) in [6.07, 6.45) is 3.81. The van der Waals surface area contributed by atoms with E-state index in [0.29, 0.717) is 0 Å². The Morgan fingerprint density at radius 1 is 1.12 bits per heavy atom. The van der Waals surface area contributed by atoms with Crippen molar-refractivity contribution >= 4 is 11.5 Å². The molecule has 5 heteroatoms. The molecule has 0 unspecified atom stereocenters. The third-order valence-corrected chi connectivity index (χ3v) is 5.62. The standard InChI is InChI=1S/C19H25N5/c1-2-15-6-7-20-19(15)16(3-1)13-23-8-10-24(11-9-23)18-12-17(21-22-18)14-4-5-14/h1-3,12,14,20H,4-11,13H2,(H,21,22). The van der Waals surface area contributed by atoms with Gasteiger partial charge in [0.1, 0.15) is 0 Å². The molecule has 5 nitrogen and oxygen atoms in total. The number of para-hydroxylation sites is 1. The van der Waals surface area contributed by atoms with Crippen LogP contribution in [0.2, 0.25) is 0 Å². The van der Waals surface area contributed by atoms with E-state index < -0.39 is 0 Å². The summed E-state index contributed by atoms with van der Waals surface area (Å²) in [5.74, 6) is 1.89. The van der Waals surface area contributed by atoms with E-state index in [2.05, 4.69) is 49.6 Å². The van der Waals surface area contributed by atoms with Gasteiger partial charge in [0.05, 0.1) is 0 Å². The molecule has 24 heavy (non-hydrogen) atoms. The van der Waals surface area contributed by atoms with Gasteiger partial charge in [-0.2, -0.15) is 5.10 Å². The lowest BCUT2D eigenvalue weighted by molar-refractivity contribution is 0.249. The van der Waals surface area contributed by atoms with Gasteiger partial charge in [-0.25, -0.2) is 0 Å². The summed E-state index contributed by atoms with van der Waals surface area (Å²) >= 11 is 0. The van der Waals surface area contributed by atoms with Crippen molar-refractivity contribution in [2.75, 3.05) is 42.9 Å². The molecule has 3 heterocycles. The number of hydrogen-bond acceptors (Lipinski definition) is 4. The second kappa shape index (κ2) is 5.81. The molecular formula is C19H25N5.